The predicted molar refractivity (Wildman–Crippen MR) is 253 cm³/mol. The van der Waals surface area contributed by atoms with Crippen LogP contribution < -0.4 is 0 Å². The number of thiophene rings is 1. The van der Waals surface area contributed by atoms with Gasteiger partial charge in [0.1, 0.15) is 0 Å². The van der Waals surface area contributed by atoms with Crippen molar-refractivity contribution in [2.24, 2.45) is 0 Å². The molecule has 0 saturated heterocycles. The average molecular weight is 781 g/mol. The van der Waals surface area contributed by atoms with Crippen LogP contribution in [0.4, 0.5) is 0 Å². The largest absolute Gasteiger partial charge is 0.309 e. The lowest BCUT2D eigenvalue weighted by molar-refractivity contribution is 1.07. The van der Waals surface area contributed by atoms with E-state index < -0.39 is 0 Å². The minimum Gasteiger partial charge on any atom is -0.309 e. The molecule has 0 fully saturated rings. The van der Waals surface area contributed by atoms with E-state index >= 15 is 0 Å². The molecule has 0 aliphatic heterocycles. The van der Waals surface area contributed by atoms with E-state index in [9.17, 15) is 0 Å². The van der Waals surface area contributed by atoms with Gasteiger partial charge in [-0.15, -0.1) is 11.3 Å². The summed E-state index contributed by atoms with van der Waals surface area (Å²) in [6.07, 6.45) is 0. The zero-order valence-electron chi connectivity index (χ0n) is 32.2. The summed E-state index contributed by atoms with van der Waals surface area (Å²) >= 11 is 1.86. The molecule has 3 heterocycles. The first-order chi connectivity index (χ1) is 29.7. The van der Waals surface area contributed by atoms with E-state index in [-0.39, 0.29) is 0 Å². The smallest absolute Gasteiger partial charge is 0.164 e. The van der Waals surface area contributed by atoms with Crippen LogP contribution in [0.5, 0.6) is 0 Å². The van der Waals surface area contributed by atoms with Gasteiger partial charge in [-0.25, -0.2) is 15.0 Å². The Hall–Kier alpha value is -7.73. The Bertz CT molecular complexity index is 3830. The first-order valence-electron chi connectivity index (χ1n) is 20.3. The minimum absolute atomic E-state index is 0.644. The van der Waals surface area contributed by atoms with E-state index in [4.69, 9.17) is 15.0 Å². The van der Waals surface area contributed by atoms with Crippen LogP contribution >= 0.6 is 11.3 Å². The first kappa shape index (κ1) is 33.3. The van der Waals surface area contributed by atoms with Crippen molar-refractivity contribution in [1.82, 2.24) is 19.5 Å². The summed E-state index contributed by atoms with van der Waals surface area (Å²) in [5, 5.41) is 14.9. The summed E-state index contributed by atoms with van der Waals surface area (Å²) in [7, 11) is 0. The van der Waals surface area contributed by atoms with Crippen molar-refractivity contribution >= 4 is 96.4 Å². The SMILES string of the molecule is c1ccc(-c2nc(-c3ccccc3)nc(-c3ccc4c(c3)c3ccccc3c3ccc5c(c34)c3c4ccccc4ccc3n5-c3ccc4sc5ccccc5c4c3)n2)cc1. The van der Waals surface area contributed by atoms with Crippen LogP contribution in [0.2, 0.25) is 0 Å². The van der Waals surface area contributed by atoms with Crippen LogP contribution in [0.3, 0.4) is 0 Å². The maximum atomic E-state index is 5.12. The Morgan fingerprint density at radius 3 is 1.62 bits per heavy atom. The molecule has 0 aliphatic rings. The maximum absolute atomic E-state index is 5.12. The highest BCUT2D eigenvalue weighted by atomic mass is 32.1. The van der Waals surface area contributed by atoms with Crippen LogP contribution in [-0.4, -0.2) is 19.5 Å². The number of nitrogens with zero attached hydrogens (tertiary/aromatic N) is 4. The molecule has 278 valence electrons. The number of aromatic nitrogens is 4. The molecule has 0 atom stereocenters. The van der Waals surface area contributed by atoms with E-state index in [1.165, 1.54) is 85.1 Å². The molecule has 0 amide bonds. The molecule has 3 aromatic heterocycles. The lowest BCUT2D eigenvalue weighted by atomic mass is 9.90. The molecule has 13 aromatic rings. The fraction of sp³-hybridized carbons (Fsp3) is 0. The molecule has 10 aromatic carbocycles. The molecule has 0 bridgehead atoms. The highest BCUT2D eigenvalue weighted by Gasteiger charge is 2.22. The third-order valence-corrected chi connectivity index (χ3v) is 13.3. The van der Waals surface area contributed by atoms with Crippen molar-refractivity contribution < 1.29 is 0 Å². The number of hydrogen-bond acceptors (Lipinski definition) is 4. The maximum Gasteiger partial charge on any atom is 0.164 e. The molecule has 0 N–H and O–H groups in total. The van der Waals surface area contributed by atoms with Crippen molar-refractivity contribution in [3.63, 3.8) is 0 Å². The van der Waals surface area contributed by atoms with Gasteiger partial charge in [0, 0.05) is 58.7 Å². The fourth-order valence-corrected chi connectivity index (χ4v) is 10.6. The molecule has 0 saturated carbocycles. The summed E-state index contributed by atoms with van der Waals surface area (Å²) in [5.74, 6) is 1.95. The van der Waals surface area contributed by atoms with Gasteiger partial charge in [0.2, 0.25) is 0 Å². The van der Waals surface area contributed by atoms with Gasteiger partial charge >= 0.3 is 0 Å². The van der Waals surface area contributed by atoms with Crippen molar-refractivity contribution in [2.75, 3.05) is 0 Å². The summed E-state index contributed by atoms with van der Waals surface area (Å²) in [4.78, 5) is 15.2. The summed E-state index contributed by atoms with van der Waals surface area (Å²) in [6, 6.07) is 69.8. The van der Waals surface area contributed by atoms with E-state index in [1.807, 2.05) is 47.7 Å². The van der Waals surface area contributed by atoms with Crippen LogP contribution in [0.25, 0.3) is 125 Å². The first-order valence-corrected chi connectivity index (χ1v) is 21.1. The van der Waals surface area contributed by atoms with Crippen LogP contribution in [0.1, 0.15) is 0 Å². The molecule has 0 radical (unpaired) electrons. The topological polar surface area (TPSA) is 43.6 Å². The summed E-state index contributed by atoms with van der Waals surface area (Å²) in [6.45, 7) is 0. The number of hydrogen-bond donors (Lipinski definition) is 0. The predicted octanol–water partition coefficient (Wildman–Crippen LogP) is 15.0. The second kappa shape index (κ2) is 12.9. The molecular formula is C55H32N4S. The Kier molecular flexibility index (Phi) is 7.14. The lowest BCUT2D eigenvalue weighted by Crippen LogP contribution is -2.00. The second-order valence-electron chi connectivity index (χ2n) is 15.5. The quantitative estimate of drug-likeness (QED) is 0.167. The van der Waals surface area contributed by atoms with Crippen molar-refractivity contribution in [3.8, 4) is 39.9 Å². The molecule has 60 heavy (non-hydrogen) atoms. The summed E-state index contributed by atoms with van der Waals surface area (Å²) < 4.78 is 5.10. The van der Waals surface area contributed by atoms with Crippen molar-refractivity contribution in [1.29, 1.82) is 0 Å². The van der Waals surface area contributed by atoms with Gasteiger partial charge in [-0.2, -0.15) is 0 Å². The number of benzene rings is 10. The lowest BCUT2D eigenvalue weighted by Gasteiger charge is -2.14. The van der Waals surface area contributed by atoms with Gasteiger partial charge in [-0.3, -0.25) is 0 Å². The molecule has 13 rings (SSSR count). The van der Waals surface area contributed by atoms with Gasteiger partial charge in [-0.1, -0.05) is 152 Å². The summed E-state index contributed by atoms with van der Waals surface area (Å²) in [5.41, 5.74) is 6.39. The highest BCUT2D eigenvalue weighted by Crippen LogP contribution is 2.46. The fourth-order valence-electron chi connectivity index (χ4n) is 9.52. The minimum atomic E-state index is 0.644. The molecular weight excluding hydrogens is 749 g/mol. The standard InChI is InChI=1S/C55H32N4S/c1-3-14-34(15-4-1)53-56-54(35-16-5-2-6-17-35)58-55(57-53)36-23-26-43-44(31-36)40-20-10-9-19-39(40)42-27-29-47-52(50(42)43)51-38-18-8-7-13-33(38)24-28-46(51)59(47)37-25-30-49-45(32-37)41-21-11-12-22-48(41)60-49/h1-32H. The number of fused-ring (bicyclic) bond motifs is 15. The van der Waals surface area contributed by atoms with Gasteiger partial charge < -0.3 is 4.57 Å². The molecule has 5 heteroatoms. The zero-order valence-corrected chi connectivity index (χ0v) is 33.0. The average Bonchev–Trinajstić information content (AvgIpc) is 3.87. The van der Waals surface area contributed by atoms with Crippen LogP contribution in [0, 0.1) is 0 Å². The molecule has 0 aliphatic carbocycles. The van der Waals surface area contributed by atoms with Crippen LogP contribution in [0.15, 0.2) is 194 Å². The zero-order chi connectivity index (χ0) is 39.3. The monoisotopic (exact) mass is 780 g/mol. The number of rotatable bonds is 4. The Labute approximate surface area is 348 Å². The van der Waals surface area contributed by atoms with E-state index in [0.29, 0.717) is 17.5 Å². The van der Waals surface area contributed by atoms with E-state index in [2.05, 4.69) is 162 Å². The van der Waals surface area contributed by atoms with Gasteiger partial charge in [-0.05, 0) is 80.2 Å². The molecule has 0 spiro atoms. The highest BCUT2D eigenvalue weighted by molar-refractivity contribution is 7.25. The van der Waals surface area contributed by atoms with Gasteiger partial charge in [0.15, 0.2) is 17.5 Å². The second-order valence-corrected chi connectivity index (χ2v) is 16.6. The van der Waals surface area contributed by atoms with Gasteiger partial charge in [0.05, 0.1) is 11.0 Å². The molecule has 0 unspecified atom stereocenters. The molecule has 4 nitrogen and oxygen atoms in total. The van der Waals surface area contributed by atoms with Crippen molar-refractivity contribution in [3.05, 3.63) is 194 Å². The van der Waals surface area contributed by atoms with Crippen molar-refractivity contribution in [2.45, 2.75) is 0 Å². The Morgan fingerprint density at radius 2 is 0.867 bits per heavy atom. The van der Waals surface area contributed by atoms with Gasteiger partial charge in [0.25, 0.3) is 0 Å². The van der Waals surface area contributed by atoms with E-state index in [1.54, 1.807) is 0 Å². The Morgan fingerprint density at radius 1 is 0.317 bits per heavy atom. The third kappa shape index (κ3) is 4.93. The third-order valence-electron chi connectivity index (χ3n) is 12.2. The van der Waals surface area contributed by atoms with E-state index in [0.717, 1.165) is 22.4 Å². The normalized spacial score (nSPS) is 12.0. The Balaban J connectivity index is 1.14. The van der Waals surface area contributed by atoms with Crippen LogP contribution in [-0.2, 0) is 0 Å².